The summed E-state index contributed by atoms with van der Waals surface area (Å²) in [5.41, 5.74) is 0. The predicted octanol–water partition coefficient (Wildman–Crippen LogP) is 1.47. The van der Waals surface area contributed by atoms with Gasteiger partial charge in [0.05, 0.1) is 0 Å². The summed E-state index contributed by atoms with van der Waals surface area (Å²) in [7, 11) is 0. The molecule has 1 fully saturated rings. The van der Waals surface area contributed by atoms with Gasteiger partial charge in [0.15, 0.2) is 0 Å². The third kappa shape index (κ3) is 16.7. The van der Waals surface area contributed by atoms with E-state index in [4.69, 9.17) is 0 Å². The maximum absolute atomic E-state index is 4.11. The number of nitrogens with zero attached hydrogens (tertiary/aromatic N) is 4. The van der Waals surface area contributed by atoms with Crippen LogP contribution in [0.25, 0.3) is 0 Å². The molecular weight excluding hydrogens is 383 g/mol. The molecule has 1 saturated heterocycles. The number of hydrogen-bond donors (Lipinski definition) is 0. The van der Waals surface area contributed by atoms with Gasteiger partial charge in [-0.3, -0.25) is 0 Å². The van der Waals surface area contributed by atoms with Crippen molar-refractivity contribution in [2.75, 3.05) is 78.5 Å². The molecule has 1 aliphatic rings. The van der Waals surface area contributed by atoms with E-state index >= 15 is 0 Å². The minimum absolute atomic E-state index is 0. The Morgan fingerprint density at radius 3 is 0.966 bits per heavy atom. The minimum atomic E-state index is 0. The summed E-state index contributed by atoms with van der Waals surface area (Å²) in [6.45, 7) is 25.8. The summed E-state index contributed by atoms with van der Waals surface area (Å²) in [6.07, 6.45) is 8.91. The van der Waals surface area contributed by atoms with E-state index < -0.39 is 0 Å². The third-order valence-corrected chi connectivity index (χ3v) is 5.89. The van der Waals surface area contributed by atoms with E-state index in [1.807, 2.05) is 0 Å². The van der Waals surface area contributed by atoms with Crippen molar-refractivity contribution in [1.82, 2.24) is 19.6 Å². The van der Waals surface area contributed by atoms with Gasteiger partial charge < -0.3 is 26.5 Å². The van der Waals surface area contributed by atoms with E-state index in [1.54, 1.807) is 0 Å². The standard InChI is InChI=1S/C23H49N4.CH4.K/c1-5-9-13-25-18-16-24(12-8-4)17-19-26(14-10-6-2)21-23-27(22-20-25)15-11-7-3;;/h4-23H2,1-3H3;1H4;/q-1;;+1. The summed E-state index contributed by atoms with van der Waals surface area (Å²) >= 11 is 0. The Balaban J connectivity index is 0. The predicted molar refractivity (Wildman–Crippen MR) is 127 cm³/mol. The first-order valence-corrected chi connectivity index (χ1v) is 11.9. The molecule has 0 spiro atoms. The molecule has 0 amide bonds. The van der Waals surface area contributed by atoms with E-state index in [9.17, 15) is 0 Å². The van der Waals surface area contributed by atoms with Crippen LogP contribution < -0.4 is 51.4 Å². The fourth-order valence-electron chi connectivity index (χ4n) is 3.84. The van der Waals surface area contributed by atoms with Crippen LogP contribution in [0.15, 0.2) is 0 Å². The zero-order valence-corrected chi connectivity index (χ0v) is 23.1. The van der Waals surface area contributed by atoms with Crippen molar-refractivity contribution >= 4 is 0 Å². The molecule has 1 heterocycles. The molecule has 5 heteroatoms. The van der Waals surface area contributed by atoms with Gasteiger partial charge in [0.2, 0.25) is 0 Å². The second kappa shape index (κ2) is 22.7. The SMILES string of the molecule is C.[CH2-]CCN1CCN(CCCC)CCN(CCCC)CCN(CCCC)CC1.[K+]. The molecular formula is C24H53KN4. The molecule has 0 bridgehead atoms. The molecule has 4 nitrogen and oxygen atoms in total. The fraction of sp³-hybridized carbons (Fsp3) is 0.958. The zero-order chi connectivity index (χ0) is 19.7. The zero-order valence-electron chi connectivity index (χ0n) is 19.9. The molecule has 0 aromatic carbocycles. The molecule has 29 heavy (non-hydrogen) atoms. The van der Waals surface area contributed by atoms with Gasteiger partial charge in [-0.05, 0) is 45.4 Å². The normalized spacial score (nSPS) is 19.0. The maximum Gasteiger partial charge on any atom is 1.00 e. The molecule has 0 N–H and O–H groups in total. The van der Waals surface area contributed by atoms with Gasteiger partial charge in [0.1, 0.15) is 0 Å². The van der Waals surface area contributed by atoms with Gasteiger partial charge in [0.25, 0.3) is 0 Å². The molecule has 0 saturated carbocycles. The van der Waals surface area contributed by atoms with Gasteiger partial charge in [-0.15, -0.1) is 0 Å². The topological polar surface area (TPSA) is 13.0 Å². The Bertz CT molecular complexity index is 306. The minimum Gasteiger partial charge on any atom is -0.342 e. The Morgan fingerprint density at radius 2 is 0.759 bits per heavy atom. The van der Waals surface area contributed by atoms with Crippen LogP contribution in [0.2, 0.25) is 0 Å². The van der Waals surface area contributed by atoms with Crippen molar-refractivity contribution in [3.8, 4) is 0 Å². The van der Waals surface area contributed by atoms with Crippen molar-refractivity contribution in [3.05, 3.63) is 6.92 Å². The van der Waals surface area contributed by atoms with Gasteiger partial charge in [-0.1, -0.05) is 47.5 Å². The molecule has 0 aliphatic carbocycles. The van der Waals surface area contributed by atoms with Crippen LogP contribution >= 0.6 is 0 Å². The van der Waals surface area contributed by atoms with Crippen molar-refractivity contribution in [2.24, 2.45) is 0 Å². The van der Waals surface area contributed by atoms with Crippen LogP contribution in [0, 0.1) is 6.92 Å². The Labute approximate surface area is 227 Å². The summed E-state index contributed by atoms with van der Waals surface area (Å²) in [4.78, 5) is 10.8. The molecule has 170 valence electrons. The van der Waals surface area contributed by atoms with Crippen LogP contribution in [0.4, 0.5) is 0 Å². The average molecular weight is 437 g/mol. The van der Waals surface area contributed by atoms with Crippen molar-refractivity contribution < 1.29 is 51.4 Å². The Hall–Kier alpha value is 1.48. The molecule has 1 aliphatic heterocycles. The molecule has 0 aromatic rings. The molecule has 0 unspecified atom stereocenters. The van der Waals surface area contributed by atoms with Crippen molar-refractivity contribution in [1.29, 1.82) is 0 Å². The monoisotopic (exact) mass is 436 g/mol. The number of unbranched alkanes of at least 4 members (excludes halogenated alkanes) is 3. The van der Waals surface area contributed by atoms with Gasteiger partial charge in [-0.2, -0.15) is 6.42 Å². The summed E-state index contributed by atoms with van der Waals surface area (Å²) < 4.78 is 0. The van der Waals surface area contributed by atoms with Crippen molar-refractivity contribution in [3.63, 3.8) is 0 Å². The second-order valence-electron chi connectivity index (χ2n) is 8.28. The van der Waals surface area contributed by atoms with E-state index in [0.29, 0.717) is 0 Å². The van der Waals surface area contributed by atoms with Crippen LogP contribution in [-0.4, -0.2) is 98.1 Å². The van der Waals surface area contributed by atoms with Crippen LogP contribution in [0.1, 0.15) is 73.1 Å². The number of hydrogen-bond acceptors (Lipinski definition) is 4. The number of rotatable bonds is 11. The summed E-state index contributed by atoms with van der Waals surface area (Å²) in [6, 6.07) is 0. The fourth-order valence-corrected chi connectivity index (χ4v) is 3.84. The quantitative estimate of drug-likeness (QED) is 0.359. The summed E-state index contributed by atoms with van der Waals surface area (Å²) in [5.74, 6) is 0. The van der Waals surface area contributed by atoms with Gasteiger partial charge in [0, 0.05) is 52.4 Å². The maximum atomic E-state index is 4.11. The Kier molecular flexibility index (Phi) is 25.5. The first-order valence-electron chi connectivity index (χ1n) is 11.9. The summed E-state index contributed by atoms with van der Waals surface area (Å²) in [5, 5.41) is 0. The van der Waals surface area contributed by atoms with Crippen LogP contribution in [0.5, 0.6) is 0 Å². The van der Waals surface area contributed by atoms with Crippen LogP contribution in [0.3, 0.4) is 0 Å². The largest absolute Gasteiger partial charge is 1.00 e. The average Bonchev–Trinajstić information content (AvgIpc) is 2.68. The smallest absolute Gasteiger partial charge is 0.342 e. The van der Waals surface area contributed by atoms with Gasteiger partial charge >= 0.3 is 51.4 Å². The van der Waals surface area contributed by atoms with Gasteiger partial charge in [-0.25, -0.2) is 0 Å². The first-order chi connectivity index (χ1) is 13.2. The van der Waals surface area contributed by atoms with E-state index in [-0.39, 0.29) is 58.8 Å². The van der Waals surface area contributed by atoms with Crippen LogP contribution in [-0.2, 0) is 0 Å². The van der Waals surface area contributed by atoms with E-state index in [0.717, 1.165) is 13.0 Å². The Morgan fingerprint density at radius 1 is 0.517 bits per heavy atom. The van der Waals surface area contributed by atoms with Crippen molar-refractivity contribution in [2.45, 2.75) is 73.1 Å². The molecule has 0 radical (unpaired) electrons. The second-order valence-corrected chi connectivity index (χ2v) is 8.28. The third-order valence-electron chi connectivity index (χ3n) is 5.89. The molecule has 0 aromatic heterocycles. The molecule has 0 atom stereocenters. The van der Waals surface area contributed by atoms with E-state index in [1.165, 1.54) is 111 Å². The molecule has 1 rings (SSSR count). The van der Waals surface area contributed by atoms with E-state index in [2.05, 4.69) is 47.3 Å². The first kappa shape index (κ1) is 32.7.